The Morgan fingerprint density at radius 3 is 2.75 bits per heavy atom. The van der Waals surface area contributed by atoms with Crippen molar-refractivity contribution in [1.29, 1.82) is 0 Å². The highest BCUT2D eigenvalue weighted by Gasteiger charge is 2.21. The maximum atomic E-state index is 5.74. The first-order valence-electron chi connectivity index (χ1n) is 10.4. The maximum Gasteiger partial charge on any atom is 0.191 e. The summed E-state index contributed by atoms with van der Waals surface area (Å²) < 4.78 is 11.1. The monoisotopic (exact) mass is 390 g/mol. The zero-order valence-corrected chi connectivity index (χ0v) is 18.0. The SMILES string of the molecule is CN=C(NCCCOCC1CCOC1)NCC(C)(C)NC(C)c1ccccc1. The highest BCUT2D eigenvalue weighted by Crippen LogP contribution is 2.15. The van der Waals surface area contributed by atoms with Crippen molar-refractivity contribution >= 4 is 5.96 Å². The molecule has 1 fully saturated rings. The molecular weight excluding hydrogens is 352 g/mol. The first-order valence-corrected chi connectivity index (χ1v) is 10.4. The van der Waals surface area contributed by atoms with Gasteiger partial charge in [-0.1, -0.05) is 30.3 Å². The molecule has 1 aromatic rings. The summed E-state index contributed by atoms with van der Waals surface area (Å²) in [6, 6.07) is 10.8. The van der Waals surface area contributed by atoms with Crippen LogP contribution >= 0.6 is 0 Å². The molecule has 0 aliphatic carbocycles. The summed E-state index contributed by atoms with van der Waals surface area (Å²) in [4.78, 5) is 4.32. The van der Waals surface area contributed by atoms with Gasteiger partial charge >= 0.3 is 0 Å². The second-order valence-electron chi connectivity index (χ2n) is 8.17. The van der Waals surface area contributed by atoms with Gasteiger partial charge in [0.25, 0.3) is 0 Å². The molecular formula is C22H38N4O2. The van der Waals surface area contributed by atoms with Crippen LogP contribution in [0.4, 0.5) is 0 Å². The second-order valence-corrected chi connectivity index (χ2v) is 8.17. The number of hydrogen-bond donors (Lipinski definition) is 3. The van der Waals surface area contributed by atoms with Gasteiger partial charge in [-0.15, -0.1) is 0 Å². The quantitative estimate of drug-likeness (QED) is 0.308. The Morgan fingerprint density at radius 1 is 1.29 bits per heavy atom. The molecule has 1 aliphatic heterocycles. The third kappa shape index (κ3) is 8.59. The number of rotatable bonds is 11. The average molecular weight is 391 g/mol. The van der Waals surface area contributed by atoms with E-state index < -0.39 is 0 Å². The van der Waals surface area contributed by atoms with Crippen LogP contribution in [0.3, 0.4) is 0 Å². The van der Waals surface area contributed by atoms with E-state index in [9.17, 15) is 0 Å². The maximum absolute atomic E-state index is 5.74. The van der Waals surface area contributed by atoms with E-state index in [1.54, 1.807) is 7.05 Å². The molecule has 0 radical (unpaired) electrons. The molecule has 1 aliphatic rings. The number of ether oxygens (including phenoxy) is 2. The van der Waals surface area contributed by atoms with Gasteiger partial charge in [-0.2, -0.15) is 0 Å². The van der Waals surface area contributed by atoms with E-state index in [1.165, 1.54) is 5.56 Å². The van der Waals surface area contributed by atoms with Crippen LogP contribution in [0, 0.1) is 5.92 Å². The van der Waals surface area contributed by atoms with Crippen LogP contribution < -0.4 is 16.0 Å². The third-order valence-electron chi connectivity index (χ3n) is 4.96. The number of nitrogens with one attached hydrogen (secondary N) is 3. The van der Waals surface area contributed by atoms with Crippen LogP contribution in [0.2, 0.25) is 0 Å². The van der Waals surface area contributed by atoms with Crippen LogP contribution in [0.1, 0.15) is 45.2 Å². The van der Waals surface area contributed by atoms with Crippen molar-refractivity contribution in [3.05, 3.63) is 35.9 Å². The van der Waals surface area contributed by atoms with Crippen LogP contribution in [0.15, 0.2) is 35.3 Å². The van der Waals surface area contributed by atoms with Crippen molar-refractivity contribution in [3.63, 3.8) is 0 Å². The Labute approximate surface area is 170 Å². The number of nitrogens with zero attached hydrogens (tertiary/aromatic N) is 1. The minimum Gasteiger partial charge on any atom is -0.381 e. The number of hydrogen-bond acceptors (Lipinski definition) is 4. The van der Waals surface area contributed by atoms with Gasteiger partial charge in [-0.3, -0.25) is 4.99 Å². The molecule has 0 spiro atoms. The lowest BCUT2D eigenvalue weighted by molar-refractivity contribution is 0.0888. The lowest BCUT2D eigenvalue weighted by atomic mass is 10.0. The van der Waals surface area contributed by atoms with E-state index in [0.29, 0.717) is 5.92 Å². The molecule has 0 amide bonds. The van der Waals surface area contributed by atoms with Crippen LogP contribution in [-0.2, 0) is 9.47 Å². The van der Waals surface area contributed by atoms with Crippen molar-refractivity contribution in [3.8, 4) is 0 Å². The van der Waals surface area contributed by atoms with Crippen molar-refractivity contribution in [2.45, 2.75) is 45.2 Å². The molecule has 6 nitrogen and oxygen atoms in total. The highest BCUT2D eigenvalue weighted by atomic mass is 16.5. The molecule has 0 saturated carbocycles. The Morgan fingerprint density at radius 2 is 2.07 bits per heavy atom. The van der Waals surface area contributed by atoms with Crippen molar-refractivity contribution < 1.29 is 9.47 Å². The molecule has 6 heteroatoms. The molecule has 3 N–H and O–H groups in total. The zero-order chi connectivity index (χ0) is 20.2. The Balaban J connectivity index is 1.60. The van der Waals surface area contributed by atoms with E-state index in [0.717, 1.165) is 58.3 Å². The van der Waals surface area contributed by atoms with Gasteiger partial charge in [0.1, 0.15) is 0 Å². The van der Waals surface area contributed by atoms with Crippen LogP contribution in [0.25, 0.3) is 0 Å². The lowest BCUT2D eigenvalue weighted by Gasteiger charge is -2.31. The number of benzene rings is 1. The molecule has 2 atom stereocenters. The average Bonchev–Trinajstić information content (AvgIpc) is 3.20. The van der Waals surface area contributed by atoms with Crippen LogP contribution in [0.5, 0.6) is 0 Å². The highest BCUT2D eigenvalue weighted by molar-refractivity contribution is 5.79. The van der Waals surface area contributed by atoms with E-state index in [1.807, 2.05) is 6.07 Å². The van der Waals surface area contributed by atoms with Gasteiger partial charge in [0, 0.05) is 50.8 Å². The third-order valence-corrected chi connectivity index (χ3v) is 4.96. The van der Waals surface area contributed by atoms with Gasteiger partial charge in [0.2, 0.25) is 0 Å². The summed E-state index contributed by atoms with van der Waals surface area (Å²) in [5.41, 5.74) is 1.22. The standard InChI is InChI=1S/C22H38N4O2/c1-18(20-9-6-5-7-10-20)26-22(2,3)17-25-21(23-4)24-12-8-13-27-15-19-11-14-28-16-19/h5-7,9-10,18-19,26H,8,11-17H2,1-4H3,(H2,23,24,25). The predicted molar refractivity (Wildman–Crippen MR) is 116 cm³/mol. The molecule has 2 rings (SSSR count). The van der Waals surface area contributed by atoms with E-state index in [4.69, 9.17) is 9.47 Å². The van der Waals surface area contributed by atoms with Crippen molar-refractivity contribution in [2.75, 3.05) is 46.6 Å². The van der Waals surface area contributed by atoms with Crippen molar-refractivity contribution in [1.82, 2.24) is 16.0 Å². The van der Waals surface area contributed by atoms with E-state index in [-0.39, 0.29) is 11.6 Å². The van der Waals surface area contributed by atoms with E-state index in [2.05, 4.69) is 66.0 Å². The normalized spacial score (nSPS) is 18.9. The lowest BCUT2D eigenvalue weighted by Crippen LogP contribution is -2.52. The molecule has 158 valence electrons. The number of guanidine groups is 1. The Kier molecular flexibility index (Phi) is 9.75. The number of aliphatic imine (C=N–C) groups is 1. The Hall–Kier alpha value is -1.63. The summed E-state index contributed by atoms with van der Waals surface area (Å²) in [5.74, 6) is 1.40. The fourth-order valence-electron chi connectivity index (χ4n) is 3.33. The topological polar surface area (TPSA) is 66.9 Å². The summed E-state index contributed by atoms with van der Waals surface area (Å²) in [6.07, 6.45) is 2.09. The summed E-state index contributed by atoms with van der Waals surface area (Å²) >= 11 is 0. The molecule has 1 saturated heterocycles. The van der Waals surface area contributed by atoms with Crippen LogP contribution in [-0.4, -0.2) is 58.1 Å². The minimum absolute atomic E-state index is 0.0701. The van der Waals surface area contributed by atoms with Gasteiger partial charge in [-0.25, -0.2) is 0 Å². The van der Waals surface area contributed by atoms with Crippen molar-refractivity contribution in [2.24, 2.45) is 10.9 Å². The molecule has 0 aromatic heterocycles. The fraction of sp³-hybridized carbons (Fsp3) is 0.682. The molecule has 1 aromatic carbocycles. The molecule has 2 unspecified atom stereocenters. The first-order chi connectivity index (χ1) is 13.5. The zero-order valence-electron chi connectivity index (χ0n) is 18.0. The van der Waals surface area contributed by atoms with E-state index >= 15 is 0 Å². The van der Waals surface area contributed by atoms with Gasteiger partial charge in [0.15, 0.2) is 5.96 Å². The summed E-state index contributed by atoms with van der Waals surface area (Å²) in [6.45, 7) is 11.5. The van der Waals surface area contributed by atoms with Gasteiger partial charge in [0.05, 0.1) is 13.2 Å². The fourth-order valence-corrected chi connectivity index (χ4v) is 3.33. The molecule has 28 heavy (non-hydrogen) atoms. The first kappa shape index (κ1) is 22.7. The smallest absolute Gasteiger partial charge is 0.191 e. The largest absolute Gasteiger partial charge is 0.381 e. The second kappa shape index (κ2) is 12.0. The Bertz CT molecular complexity index is 571. The summed E-state index contributed by atoms with van der Waals surface area (Å²) in [5, 5.41) is 10.5. The molecule has 1 heterocycles. The minimum atomic E-state index is -0.0701. The predicted octanol–water partition coefficient (Wildman–Crippen LogP) is 2.72. The van der Waals surface area contributed by atoms with Gasteiger partial charge in [-0.05, 0) is 39.2 Å². The summed E-state index contributed by atoms with van der Waals surface area (Å²) in [7, 11) is 1.80. The molecule has 0 bridgehead atoms. The van der Waals surface area contributed by atoms with Gasteiger partial charge < -0.3 is 25.4 Å².